The SMILES string of the molecule is CC[C@H]1OC(=O)C[C@@H](O)[C@H](C)[C@@H](O[C@@H]2O[C@H](C)[C@@H](O)[C@H](N(C)C)[C@@H]2O)[C@@H](CCN2CC(C)CC(C)C2)C[C@@H](C)C(=N/OCc2ccc(F)cc2)/C=C/C(C)=C/C1CO[C@@H]1C[C@H](C)[C@@H](O)[C@@H](OC)[C@H]1OC. The lowest BCUT2D eigenvalue weighted by Crippen LogP contribution is -2.63. The van der Waals surface area contributed by atoms with Crippen molar-refractivity contribution in [2.45, 2.75) is 174 Å². The van der Waals surface area contributed by atoms with E-state index in [1.165, 1.54) is 12.1 Å². The number of hydrogen-bond acceptors (Lipinski definition) is 15. The van der Waals surface area contributed by atoms with Crippen LogP contribution in [0.25, 0.3) is 0 Å². The molecule has 0 bridgehead atoms. The predicted molar refractivity (Wildman–Crippen MR) is 266 cm³/mol. The molecular formula is C54H88FN3O12. The van der Waals surface area contributed by atoms with Crippen LogP contribution in [0.3, 0.4) is 0 Å². The summed E-state index contributed by atoms with van der Waals surface area (Å²) in [5.41, 5.74) is 2.26. The number of hydrogen-bond donors (Lipinski definition) is 4. The second-order valence-electron chi connectivity index (χ2n) is 21.5. The van der Waals surface area contributed by atoms with E-state index in [0.717, 1.165) is 37.2 Å². The normalized spacial score (nSPS) is 40.7. The van der Waals surface area contributed by atoms with Crippen LogP contribution in [-0.4, -0.2) is 170 Å². The Kier molecular flexibility index (Phi) is 22.7. The molecule has 0 spiro atoms. The quantitative estimate of drug-likeness (QED) is 0.116. The molecule has 70 heavy (non-hydrogen) atoms. The highest BCUT2D eigenvalue weighted by atomic mass is 19.1. The van der Waals surface area contributed by atoms with Gasteiger partial charge in [-0.2, -0.15) is 0 Å². The van der Waals surface area contributed by atoms with Gasteiger partial charge < -0.3 is 63.5 Å². The van der Waals surface area contributed by atoms with E-state index in [0.29, 0.717) is 43.2 Å². The molecule has 3 fully saturated rings. The van der Waals surface area contributed by atoms with Crippen LogP contribution in [0.1, 0.15) is 99.5 Å². The zero-order chi connectivity index (χ0) is 51.4. The molecule has 19 atom stereocenters. The smallest absolute Gasteiger partial charge is 0.308 e. The fourth-order valence-electron chi connectivity index (χ4n) is 11.4. The van der Waals surface area contributed by atoms with Gasteiger partial charge in [0.15, 0.2) is 6.29 Å². The number of piperidine rings is 1. The molecular weight excluding hydrogens is 902 g/mol. The molecule has 15 nitrogen and oxygen atoms in total. The number of carbonyl (C=O) groups excluding carboxylic acids is 1. The molecule has 3 heterocycles. The molecule has 3 unspecified atom stereocenters. The van der Waals surface area contributed by atoms with Crippen molar-refractivity contribution < 1.29 is 62.9 Å². The van der Waals surface area contributed by atoms with Gasteiger partial charge in [-0.05, 0) is 114 Å². The maximum Gasteiger partial charge on any atom is 0.308 e. The number of carbonyl (C=O) groups is 1. The number of nitrogens with zero attached hydrogens (tertiary/aromatic N) is 3. The average molecular weight is 990 g/mol. The molecule has 0 radical (unpaired) electrons. The molecule has 0 amide bonds. The van der Waals surface area contributed by atoms with Crippen LogP contribution in [0, 0.1) is 47.2 Å². The van der Waals surface area contributed by atoms with Gasteiger partial charge in [0.25, 0.3) is 0 Å². The molecule has 1 aromatic rings. The third kappa shape index (κ3) is 15.8. The van der Waals surface area contributed by atoms with E-state index in [1.807, 2.05) is 45.9 Å². The number of esters is 1. The molecule has 2 saturated heterocycles. The minimum absolute atomic E-state index is 0.114. The van der Waals surface area contributed by atoms with Crippen LogP contribution in [0.15, 0.2) is 53.2 Å². The Balaban J connectivity index is 1.56. The molecule has 4 aliphatic rings. The van der Waals surface area contributed by atoms with Crippen molar-refractivity contribution in [2.75, 3.05) is 54.6 Å². The number of cyclic esters (lactones) is 1. The van der Waals surface area contributed by atoms with Crippen LogP contribution in [0.4, 0.5) is 4.39 Å². The Morgan fingerprint density at radius 2 is 1.54 bits per heavy atom. The molecule has 1 aliphatic carbocycles. The Hall–Kier alpha value is -2.87. The highest BCUT2D eigenvalue weighted by Gasteiger charge is 2.48. The van der Waals surface area contributed by atoms with Gasteiger partial charge in [0.2, 0.25) is 0 Å². The zero-order valence-corrected chi connectivity index (χ0v) is 44.1. The molecule has 1 aromatic carbocycles. The lowest BCUT2D eigenvalue weighted by molar-refractivity contribution is -0.304. The average Bonchev–Trinajstić information content (AvgIpc) is 3.30. The minimum atomic E-state index is -1.24. The standard InChI is InChI=1S/C54H88FN3O12/c1-13-44-40(30-66-45-25-35(6)48(61)53(65-12)52(45)64-11)23-31(2)14-19-42(56-67-29-38-15-17-41(55)18-16-38)34(5)24-39(20-21-58-27-32(3)22-33(4)28-58)51(36(7)43(59)26-46(60)69-44)70-54-50(63)47(57(9)10)49(62)37(8)68-54/h14-19,23,32-37,39-40,43-45,47-54,59,61-63H,13,20-22,24-30H2,1-12H3/b19-14+,31-23+,56-42+/t32?,33?,34-,35+,36+,37-,39+,40?,43-,44-,45-,47+,48-,49-,50+,51-,52+,53-,54+/m1/s1. The topological polar surface area (TPSA) is 181 Å². The van der Waals surface area contributed by atoms with Gasteiger partial charge in [0, 0.05) is 45.1 Å². The van der Waals surface area contributed by atoms with E-state index in [4.69, 9.17) is 38.4 Å². The maximum atomic E-state index is 14.1. The number of aliphatic hydroxyl groups excluding tert-OH is 4. The Bertz CT molecular complexity index is 1830. The van der Waals surface area contributed by atoms with Gasteiger partial charge in [-0.15, -0.1) is 0 Å². The number of halogens is 1. The van der Waals surface area contributed by atoms with Crippen molar-refractivity contribution in [3.63, 3.8) is 0 Å². The van der Waals surface area contributed by atoms with E-state index in [2.05, 4.69) is 25.7 Å². The molecule has 3 aliphatic heterocycles. The number of aliphatic hydroxyl groups is 4. The number of allylic oxidation sites excluding steroid dienone is 3. The molecule has 5 rings (SSSR count). The van der Waals surface area contributed by atoms with Crippen LogP contribution in [-0.2, 0) is 44.7 Å². The third-order valence-electron chi connectivity index (χ3n) is 15.3. The summed E-state index contributed by atoms with van der Waals surface area (Å²) < 4.78 is 51.5. The summed E-state index contributed by atoms with van der Waals surface area (Å²) in [6.45, 7) is 19.1. The van der Waals surface area contributed by atoms with Gasteiger partial charge in [-0.3, -0.25) is 4.79 Å². The summed E-state index contributed by atoms with van der Waals surface area (Å²) in [6, 6.07) is 5.41. The van der Waals surface area contributed by atoms with Crippen LogP contribution < -0.4 is 0 Å². The summed E-state index contributed by atoms with van der Waals surface area (Å²) in [6.07, 6.45) is 0.00537. The molecule has 0 aromatic heterocycles. The van der Waals surface area contributed by atoms with E-state index in [1.54, 1.807) is 52.3 Å². The Morgan fingerprint density at radius 3 is 2.17 bits per heavy atom. The summed E-state index contributed by atoms with van der Waals surface area (Å²) in [4.78, 5) is 24.4. The lowest BCUT2D eigenvalue weighted by atomic mass is 9.79. The number of methoxy groups -OCH3 is 2. The van der Waals surface area contributed by atoms with Crippen molar-refractivity contribution in [2.24, 2.45) is 46.6 Å². The number of likely N-dealkylation sites (N-methyl/N-ethyl adjacent to an activating group) is 1. The van der Waals surface area contributed by atoms with Crippen LogP contribution in [0.5, 0.6) is 0 Å². The fourth-order valence-corrected chi connectivity index (χ4v) is 11.4. The monoisotopic (exact) mass is 990 g/mol. The van der Waals surface area contributed by atoms with Gasteiger partial charge in [0.1, 0.15) is 36.8 Å². The first-order chi connectivity index (χ1) is 33.2. The molecule has 398 valence electrons. The highest BCUT2D eigenvalue weighted by molar-refractivity contribution is 5.96. The van der Waals surface area contributed by atoms with Crippen molar-refractivity contribution in [1.82, 2.24) is 9.80 Å². The van der Waals surface area contributed by atoms with E-state index >= 15 is 0 Å². The largest absolute Gasteiger partial charge is 0.462 e. The summed E-state index contributed by atoms with van der Waals surface area (Å²) in [5, 5.41) is 50.9. The number of benzene rings is 1. The van der Waals surface area contributed by atoms with Crippen molar-refractivity contribution in [1.29, 1.82) is 0 Å². The first kappa shape index (κ1) is 58.0. The number of ether oxygens (including phenoxy) is 6. The van der Waals surface area contributed by atoms with Crippen molar-refractivity contribution >= 4 is 11.7 Å². The number of likely N-dealkylation sites (tertiary alicyclic amines) is 1. The highest BCUT2D eigenvalue weighted by Crippen LogP contribution is 2.37. The number of rotatable bonds is 15. The molecule has 4 N–H and O–H groups in total. The van der Waals surface area contributed by atoms with Gasteiger partial charge in [-0.1, -0.05) is 76.6 Å². The molecule has 1 saturated carbocycles. The van der Waals surface area contributed by atoms with Crippen molar-refractivity contribution in [3.8, 4) is 0 Å². The first-order valence-electron chi connectivity index (χ1n) is 25.8. The van der Waals surface area contributed by atoms with Gasteiger partial charge in [-0.25, -0.2) is 4.39 Å². The minimum Gasteiger partial charge on any atom is -0.462 e. The predicted octanol–water partition coefficient (Wildman–Crippen LogP) is 6.15. The Morgan fingerprint density at radius 1 is 0.871 bits per heavy atom. The Labute approximate surface area is 417 Å². The fraction of sp³-hybridized carbons (Fsp3) is 0.778. The summed E-state index contributed by atoms with van der Waals surface area (Å²) in [5.74, 6) is -1.56. The second-order valence-corrected chi connectivity index (χ2v) is 21.5. The van der Waals surface area contributed by atoms with Crippen LogP contribution >= 0.6 is 0 Å². The van der Waals surface area contributed by atoms with E-state index in [9.17, 15) is 29.6 Å². The maximum absolute atomic E-state index is 14.1. The first-order valence-corrected chi connectivity index (χ1v) is 25.8. The third-order valence-corrected chi connectivity index (χ3v) is 15.3. The van der Waals surface area contributed by atoms with E-state index in [-0.39, 0.29) is 43.2 Å². The van der Waals surface area contributed by atoms with Crippen LogP contribution in [0.2, 0.25) is 0 Å². The summed E-state index contributed by atoms with van der Waals surface area (Å²) >= 11 is 0. The lowest BCUT2D eigenvalue weighted by Gasteiger charge is -2.47. The number of oxime groups is 1. The molecule has 16 heteroatoms. The summed E-state index contributed by atoms with van der Waals surface area (Å²) in [7, 11) is 6.71. The van der Waals surface area contributed by atoms with Crippen molar-refractivity contribution in [3.05, 3.63) is 59.4 Å². The zero-order valence-electron chi connectivity index (χ0n) is 44.1. The second kappa shape index (κ2) is 27.4. The van der Waals surface area contributed by atoms with E-state index < -0.39 is 91.2 Å². The van der Waals surface area contributed by atoms with Gasteiger partial charge >= 0.3 is 5.97 Å². The van der Waals surface area contributed by atoms with Gasteiger partial charge in [0.05, 0.1) is 61.4 Å².